The first-order chi connectivity index (χ1) is 12.7. The minimum atomic E-state index is -0.330. The van der Waals surface area contributed by atoms with Crippen molar-refractivity contribution in [3.05, 3.63) is 83.0 Å². The van der Waals surface area contributed by atoms with Crippen molar-refractivity contribution in [1.29, 1.82) is 0 Å². The molecule has 0 unspecified atom stereocenters. The van der Waals surface area contributed by atoms with E-state index in [1.807, 2.05) is 65.7 Å². The zero-order valence-corrected chi connectivity index (χ0v) is 14.8. The van der Waals surface area contributed by atoms with Crippen molar-refractivity contribution in [2.45, 2.75) is 0 Å². The molecular weight excluding hydrogens is 346 g/mol. The Kier molecular flexibility index (Phi) is 4.28. The van der Waals surface area contributed by atoms with Crippen molar-refractivity contribution in [2.24, 2.45) is 12.0 Å². The second kappa shape index (κ2) is 6.89. The molecule has 0 bridgehead atoms. The minimum absolute atomic E-state index is 0.330. The van der Waals surface area contributed by atoms with E-state index in [0.717, 1.165) is 11.3 Å². The SMILES string of the molecule is Cn1ccsc1=NC(=O)c1cn(-c2ccccc2)nc1-c1cccnc1. The van der Waals surface area contributed by atoms with Crippen LogP contribution in [0.1, 0.15) is 10.4 Å². The maximum atomic E-state index is 12.9. The average Bonchev–Trinajstić information content (AvgIpc) is 3.30. The summed E-state index contributed by atoms with van der Waals surface area (Å²) in [6, 6.07) is 13.4. The monoisotopic (exact) mass is 361 g/mol. The quantitative estimate of drug-likeness (QED) is 0.563. The summed E-state index contributed by atoms with van der Waals surface area (Å²) in [7, 11) is 1.86. The van der Waals surface area contributed by atoms with Crippen molar-refractivity contribution < 1.29 is 4.79 Å². The van der Waals surface area contributed by atoms with Crippen LogP contribution in [0.2, 0.25) is 0 Å². The van der Waals surface area contributed by atoms with Gasteiger partial charge in [0.1, 0.15) is 5.69 Å². The third kappa shape index (κ3) is 3.12. The molecule has 128 valence electrons. The molecule has 6 nitrogen and oxygen atoms in total. The van der Waals surface area contributed by atoms with Gasteiger partial charge in [0.15, 0.2) is 4.80 Å². The van der Waals surface area contributed by atoms with Crippen LogP contribution in [0.5, 0.6) is 0 Å². The molecule has 0 spiro atoms. The van der Waals surface area contributed by atoms with Gasteiger partial charge < -0.3 is 4.57 Å². The Hall–Kier alpha value is -3.32. The summed E-state index contributed by atoms with van der Waals surface area (Å²) >= 11 is 1.41. The number of aryl methyl sites for hydroxylation is 1. The number of hydrogen-bond acceptors (Lipinski definition) is 4. The molecular formula is C19H15N5OS. The van der Waals surface area contributed by atoms with Gasteiger partial charge >= 0.3 is 0 Å². The summed E-state index contributed by atoms with van der Waals surface area (Å²) < 4.78 is 3.51. The highest BCUT2D eigenvalue weighted by Crippen LogP contribution is 2.23. The van der Waals surface area contributed by atoms with Gasteiger partial charge in [0.05, 0.1) is 11.3 Å². The lowest BCUT2D eigenvalue weighted by Gasteiger charge is -1.99. The third-order valence-corrected chi connectivity index (χ3v) is 4.71. The summed E-state index contributed by atoms with van der Waals surface area (Å²) in [4.78, 5) is 21.9. The van der Waals surface area contributed by atoms with Gasteiger partial charge in [-0.05, 0) is 24.3 Å². The minimum Gasteiger partial charge on any atom is -0.327 e. The highest BCUT2D eigenvalue weighted by atomic mass is 32.1. The first-order valence-corrected chi connectivity index (χ1v) is 8.85. The van der Waals surface area contributed by atoms with E-state index in [0.29, 0.717) is 16.1 Å². The number of pyridine rings is 1. The highest BCUT2D eigenvalue weighted by molar-refractivity contribution is 7.07. The topological polar surface area (TPSA) is 65.1 Å². The smallest absolute Gasteiger partial charge is 0.283 e. The van der Waals surface area contributed by atoms with Crippen LogP contribution >= 0.6 is 11.3 Å². The third-order valence-electron chi connectivity index (χ3n) is 3.86. The lowest BCUT2D eigenvalue weighted by Crippen LogP contribution is -2.12. The molecule has 3 heterocycles. The molecule has 0 saturated carbocycles. The Morgan fingerprint density at radius 1 is 1.15 bits per heavy atom. The Balaban J connectivity index is 1.86. The Morgan fingerprint density at radius 2 is 2.00 bits per heavy atom. The largest absolute Gasteiger partial charge is 0.327 e. The van der Waals surface area contributed by atoms with E-state index in [4.69, 9.17) is 0 Å². The van der Waals surface area contributed by atoms with E-state index in [1.165, 1.54) is 11.3 Å². The first-order valence-electron chi connectivity index (χ1n) is 7.97. The molecule has 0 atom stereocenters. The zero-order chi connectivity index (χ0) is 17.9. The first kappa shape index (κ1) is 16.2. The number of benzene rings is 1. The van der Waals surface area contributed by atoms with Gasteiger partial charge in [0.25, 0.3) is 5.91 Å². The summed E-state index contributed by atoms with van der Waals surface area (Å²) in [6.45, 7) is 0. The van der Waals surface area contributed by atoms with Crippen LogP contribution in [0.15, 0.2) is 77.6 Å². The summed E-state index contributed by atoms with van der Waals surface area (Å²) in [5.41, 5.74) is 2.65. The molecule has 0 aliphatic carbocycles. The fourth-order valence-corrected chi connectivity index (χ4v) is 3.27. The molecule has 0 aliphatic rings. The van der Waals surface area contributed by atoms with Crippen LogP contribution in [-0.4, -0.2) is 25.2 Å². The van der Waals surface area contributed by atoms with E-state index in [2.05, 4.69) is 15.1 Å². The Bertz CT molecular complexity index is 1110. The van der Waals surface area contributed by atoms with Gasteiger partial charge in [-0.25, -0.2) is 4.68 Å². The molecule has 0 aliphatic heterocycles. The van der Waals surface area contributed by atoms with Crippen molar-refractivity contribution in [3.63, 3.8) is 0 Å². The summed E-state index contributed by atoms with van der Waals surface area (Å²) in [6.07, 6.45) is 6.97. The Labute approximate surface area is 153 Å². The fourth-order valence-electron chi connectivity index (χ4n) is 2.54. The predicted molar refractivity (Wildman–Crippen MR) is 100.0 cm³/mol. The maximum Gasteiger partial charge on any atom is 0.283 e. The van der Waals surface area contributed by atoms with Gasteiger partial charge in [-0.1, -0.05) is 18.2 Å². The molecule has 1 aromatic carbocycles. The zero-order valence-electron chi connectivity index (χ0n) is 14.0. The molecule has 0 N–H and O–H groups in total. The molecule has 1 amide bonds. The standard InChI is InChI=1S/C19H15N5OS/c1-23-10-11-26-19(23)21-18(25)16-13-24(15-7-3-2-4-8-15)22-17(16)14-6-5-9-20-12-14/h2-13H,1H3. The van der Waals surface area contributed by atoms with Crippen molar-refractivity contribution in [2.75, 3.05) is 0 Å². The number of thiazole rings is 1. The normalized spacial score (nSPS) is 11.7. The molecule has 0 fully saturated rings. The molecule has 4 aromatic rings. The number of carbonyl (C=O) groups is 1. The number of aromatic nitrogens is 4. The molecule has 4 rings (SSSR count). The van der Waals surface area contributed by atoms with E-state index >= 15 is 0 Å². The maximum absolute atomic E-state index is 12.9. The van der Waals surface area contributed by atoms with Crippen LogP contribution in [0.3, 0.4) is 0 Å². The van der Waals surface area contributed by atoms with Gasteiger partial charge in [0, 0.05) is 42.8 Å². The van der Waals surface area contributed by atoms with Crippen LogP contribution < -0.4 is 4.80 Å². The van der Waals surface area contributed by atoms with Crippen molar-refractivity contribution in [1.82, 2.24) is 19.3 Å². The fraction of sp³-hybridized carbons (Fsp3) is 0.0526. The molecule has 0 saturated heterocycles. The lowest BCUT2D eigenvalue weighted by atomic mass is 10.1. The van der Waals surface area contributed by atoms with Gasteiger partial charge in [-0.3, -0.25) is 9.78 Å². The number of nitrogens with zero attached hydrogens (tertiary/aromatic N) is 5. The molecule has 3 aromatic heterocycles. The summed E-state index contributed by atoms with van der Waals surface area (Å²) in [5.74, 6) is -0.330. The van der Waals surface area contributed by atoms with Crippen LogP contribution in [-0.2, 0) is 7.05 Å². The van der Waals surface area contributed by atoms with Crippen molar-refractivity contribution >= 4 is 17.2 Å². The van der Waals surface area contributed by atoms with Gasteiger partial charge in [-0.15, -0.1) is 11.3 Å². The lowest BCUT2D eigenvalue weighted by molar-refractivity contribution is 0.0998. The van der Waals surface area contributed by atoms with E-state index in [-0.39, 0.29) is 5.91 Å². The number of rotatable bonds is 3. The predicted octanol–water partition coefficient (Wildman–Crippen LogP) is 3.08. The number of para-hydroxylation sites is 1. The summed E-state index contributed by atoms with van der Waals surface area (Å²) in [5, 5.41) is 6.51. The second-order valence-corrected chi connectivity index (χ2v) is 6.50. The number of carbonyl (C=O) groups excluding carboxylic acids is 1. The molecule has 0 radical (unpaired) electrons. The van der Waals surface area contributed by atoms with E-state index in [1.54, 1.807) is 23.3 Å². The van der Waals surface area contributed by atoms with Gasteiger partial charge in [0.2, 0.25) is 0 Å². The van der Waals surface area contributed by atoms with Crippen molar-refractivity contribution in [3.8, 4) is 16.9 Å². The Morgan fingerprint density at radius 3 is 2.69 bits per heavy atom. The van der Waals surface area contributed by atoms with E-state index < -0.39 is 0 Å². The number of hydrogen-bond donors (Lipinski definition) is 0. The van der Waals surface area contributed by atoms with Crippen LogP contribution in [0.4, 0.5) is 0 Å². The van der Waals surface area contributed by atoms with Gasteiger partial charge in [-0.2, -0.15) is 10.1 Å². The average molecular weight is 361 g/mol. The van der Waals surface area contributed by atoms with E-state index in [9.17, 15) is 4.79 Å². The van der Waals surface area contributed by atoms with Crippen LogP contribution in [0, 0.1) is 0 Å². The molecule has 26 heavy (non-hydrogen) atoms. The highest BCUT2D eigenvalue weighted by Gasteiger charge is 2.18. The molecule has 7 heteroatoms. The van der Waals surface area contributed by atoms with Crippen LogP contribution in [0.25, 0.3) is 16.9 Å². The number of amides is 1. The second-order valence-electron chi connectivity index (χ2n) is 5.63.